The Morgan fingerprint density at radius 1 is 1.67 bits per heavy atom. The molecule has 0 aliphatic heterocycles. The van der Waals surface area contributed by atoms with Crippen LogP contribution in [0, 0.1) is 0 Å². The Balaban J connectivity index is 3.14. The van der Waals surface area contributed by atoms with Crippen molar-refractivity contribution >= 4 is 15.9 Å². The molecular weight excluding hydrogens is 142 g/mol. The van der Waals surface area contributed by atoms with Crippen LogP contribution in [0.1, 0.15) is 13.8 Å². The van der Waals surface area contributed by atoms with E-state index in [4.69, 9.17) is 0 Å². The first-order valence-electron chi connectivity index (χ1n) is 1.96. The lowest BCUT2D eigenvalue weighted by molar-refractivity contribution is 1.37. The second-order valence-electron chi connectivity index (χ2n) is 1.44. The van der Waals surface area contributed by atoms with Gasteiger partial charge in [0.25, 0.3) is 0 Å². The lowest BCUT2D eigenvalue weighted by Gasteiger charge is -1.79. The molecule has 0 radical (unpaired) electrons. The largest absolute Gasteiger partial charge is 0.0883 e. The molecule has 0 aromatic carbocycles. The number of hydrogen-bond donors (Lipinski definition) is 0. The first kappa shape index (κ1) is 6.22. The maximum Gasteiger partial charge on any atom is 0.0214 e. The van der Waals surface area contributed by atoms with Crippen LogP contribution in [0.2, 0.25) is 0 Å². The summed E-state index contributed by atoms with van der Waals surface area (Å²) in [7, 11) is 0. The molecule has 0 spiro atoms. The van der Waals surface area contributed by atoms with Crippen molar-refractivity contribution in [1.29, 1.82) is 0 Å². The van der Waals surface area contributed by atoms with E-state index < -0.39 is 0 Å². The quantitative estimate of drug-likeness (QED) is 0.306. The molecule has 0 rings (SSSR count). The minimum Gasteiger partial charge on any atom is -0.0883 e. The summed E-state index contributed by atoms with van der Waals surface area (Å²) in [6, 6.07) is 0. The van der Waals surface area contributed by atoms with E-state index in [0.29, 0.717) is 0 Å². The molecular formula is C5H9Br. The van der Waals surface area contributed by atoms with Crippen molar-refractivity contribution in [1.82, 2.24) is 0 Å². The molecule has 0 aromatic rings. The predicted molar refractivity (Wildman–Crippen MR) is 33.2 cm³/mol. The molecule has 0 amide bonds. The Labute approximate surface area is 47.4 Å². The fraction of sp³-hybridized carbons (Fsp3) is 0.600. The van der Waals surface area contributed by atoms with Crippen LogP contribution in [0.25, 0.3) is 0 Å². The van der Waals surface area contributed by atoms with Gasteiger partial charge in [-0.05, 0) is 13.8 Å². The molecule has 0 fully saturated rings. The van der Waals surface area contributed by atoms with Gasteiger partial charge in [0.2, 0.25) is 0 Å². The predicted octanol–water partition coefficient (Wildman–Crippen LogP) is 2.35. The van der Waals surface area contributed by atoms with E-state index in [9.17, 15) is 0 Å². The molecule has 0 aliphatic rings. The molecule has 0 N–H and O–H groups in total. The lowest BCUT2D eigenvalue weighted by atomic mass is 10.5. The third-order valence-corrected chi connectivity index (χ3v) is 0.809. The highest BCUT2D eigenvalue weighted by Gasteiger charge is 1.68. The summed E-state index contributed by atoms with van der Waals surface area (Å²) in [6.07, 6.45) is 2.12. The summed E-state index contributed by atoms with van der Waals surface area (Å²) >= 11 is 3.27. The van der Waals surface area contributed by atoms with E-state index in [1.165, 1.54) is 5.57 Å². The number of hydrogen-bond acceptors (Lipinski definition) is 0. The van der Waals surface area contributed by atoms with Crippen LogP contribution < -0.4 is 0 Å². The van der Waals surface area contributed by atoms with Gasteiger partial charge in [0, 0.05) is 5.33 Å². The van der Waals surface area contributed by atoms with Crippen LogP contribution in [-0.4, -0.2) is 5.33 Å². The molecule has 0 unspecified atom stereocenters. The van der Waals surface area contributed by atoms with Crippen molar-refractivity contribution in [3.63, 3.8) is 0 Å². The molecule has 0 saturated carbocycles. The topological polar surface area (TPSA) is 0 Å². The average Bonchev–Trinajstić information content (AvgIpc) is 1.35. The normalized spacial score (nSPS) is 7.83. The van der Waals surface area contributed by atoms with Crippen molar-refractivity contribution in [2.75, 3.05) is 5.33 Å². The third-order valence-electron chi connectivity index (χ3n) is 0.485. The molecule has 6 heavy (non-hydrogen) atoms. The molecule has 0 heterocycles. The van der Waals surface area contributed by atoms with Crippen molar-refractivity contribution in [2.45, 2.75) is 13.8 Å². The van der Waals surface area contributed by atoms with Gasteiger partial charge in [-0.2, -0.15) is 0 Å². The van der Waals surface area contributed by atoms with Crippen LogP contribution in [0.3, 0.4) is 0 Å². The molecule has 0 aliphatic carbocycles. The first-order chi connectivity index (χ1) is 2.77. The monoisotopic (exact) mass is 150 g/mol. The second kappa shape index (κ2) is 3.41. The highest BCUT2D eigenvalue weighted by atomic mass is 79.9. The summed E-state index contributed by atoms with van der Waals surface area (Å²) in [6.45, 7) is 4.17. The van der Waals surface area contributed by atoms with Crippen molar-refractivity contribution < 1.29 is 0 Å². The average molecular weight is 151 g/mol. The number of halogens is 1. The van der Waals surface area contributed by atoms with Gasteiger partial charge in [-0.3, -0.25) is 0 Å². The Hall–Kier alpha value is 0.220. The number of alkyl halides is 1. The van der Waals surface area contributed by atoms with Crippen LogP contribution in [0.15, 0.2) is 11.6 Å². The maximum atomic E-state index is 3.27. The van der Waals surface area contributed by atoms with Gasteiger partial charge < -0.3 is 0 Å². The fourth-order valence-electron chi connectivity index (χ4n) is 0.154. The standard InChI is InChI=1S/C5H9Br/c1-5(2)3-4-6/h3H,4H2,1-2H3/i3+1,4+1. The van der Waals surface area contributed by atoms with Crippen LogP contribution in [0.4, 0.5) is 0 Å². The lowest BCUT2D eigenvalue weighted by Crippen LogP contribution is -1.62. The van der Waals surface area contributed by atoms with Crippen LogP contribution >= 0.6 is 15.9 Å². The van der Waals surface area contributed by atoms with Gasteiger partial charge in [-0.15, -0.1) is 0 Å². The zero-order chi connectivity index (χ0) is 4.99. The number of rotatable bonds is 1. The molecule has 1 heteroatoms. The van der Waals surface area contributed by atoms with Crippen molar-refractivity contribution in [3.05, 3.63) is 11.6 Å². The second-order valence-corrected chi connectivity index (χ2v) is 2.08. The molecule has 36 valence electrons. The van der Waals surface area contributed by atoms with Gasteiger partial charge >= 0.3 is 0 Å². The van der Waals surface area contributed by atoms with E-state index in [0.717, 1.165) is 5.33 Å². The molecule has 0 nitrogen and oxygen atoms in total. The summed E-state index contributed by atoms with van der Waals surface area (Å²) in [4.78, 5) is 0. The van der Waals surface area contributed by atoms with E-state index in [1.807, 2.05) is 0 Å². The Kier molecular flexibility index (Phi) is 3.54. The van der Waals surface area contributed by atoms with Crippen LogP contribution in [0.5, 0.6) is 0 Å². The highest BCUT2D eigenvalue weighted by molar-refractivity contribution is 9.09. The minimum atomic E-state index is 0.981. The van der Waals surface area contributed by atoms with E-state index in [2.05, 4.69) is 35.9 Å². The highest BCUT2D eigenvalue weighted by Crippen LogP contribution is 1.89. The van der Waals surface area contributed by atoms with Gasteiger partial charge in [-0.1, -0.05) is 27.6 Å². The summed E-state index contributed by atoms with van der Waals surface area (Å²) < 4.78 is 0. The minimum absolute atomic E-state index is 0.981. The van der Waals surface area contributed by atoms with Crippen molar-refractivity contribution in [2.24, 2.45) is 0 Å². The van der Waals surface area contributed by atoms with E-state index in [-0.39, 0.29) is 0 Å². The number of allylic oxidation sites excluding steroid dienone is 2. The zero-order valence-corrected chi connectivity index (χ0v) is 5.75. The molecule has 0 saturated heterocycles. The van der Waals surface area contributed by atoms with Gasteiger partial charge in [-0.25, -0.2) is 0 Å². The Bertz CT molecular complexity index is 51.0. The SMILES string of the molecule is CC(C)=[13CH][13CH2]Br. The van der Waals surface area contributed by atoms with Gasteiger partial charge in [0.1, 0.15) is 0 Å². The summed E-state index contributed by atoms with van der Waals surface area (Å²) in [5.41, 5.74) is 1.37. The van der Waals surface area contributed by atoms with Crippen LogP contribution in [-0.2, 0) is 0 Å². The molecule has 0 aromatic heterocycles. The maximum absolute atomic E-state index is 3.27. The summed E-state index contributed by atoms with van der Waals surface area (Å²) in [5, 5.41) is 0.981. The smallest absolute Gasteiger partial charge is 0.0214 e. The van der Waals surface area contributed by atoms with Crippen molar-refractivity contribution in [3.8, 4) is 0 Å². The van der Waals surface area contributed by atoms with E-state index in [1.54, 1.807) is 0 Å². The summed E-state index contributed by atoms with van der Waals surface area (Å²) in [5.74, 6) is 0. The Morgan fingerprint density at radius 3 is 2.17 bits per heavy atom. The third kappa shape index (κ3) is 4.22. The van der Waals surface area contributed by atoms with Gasteiger partial charge in [0.05, 0.1) is 0 Å². The molecule has 0 atom stereocenters. The van der Waals surface area contributed by atoms with E-state index >= 15 is 0 Å². The zero-order valence-electron chi connectivity index (χ0n) is 4.16. The Morgan fingerprint density at radius 2 is 2.17 bits per heavy atom. The first-order valence-corrected chi connectivity index (χ1v) is 3.09. The van der Waals surface area contributed by atoms with Gasteiger partial charge in [0.15, 0.2) is 0 Å². The molecule has 0 bridgehead atoms. The fourth-order valence-corrected chi connectivity index (χ4v) is 0.802.